The van der Waals surface area contributed by atoms with Gasteiger partial charge in [-0.15, -0.1) is 0 Å². The number of aromatic nitrogens is 2. The first-order valence-corrected chi connectivity index (χ1v) is 11.4. The second-order valence-corrected chi connectivity index (χ2v) is 9.12. The predicted molar refractivity (Wildman–Crippen MR) is 120 cm³/mol. The van der Waals surface area contributed by atoms with Gasteiger partial charge >= 0.3 is 0 Å². The number of nitrogens with zero attached hydrogens (tertiary/aromatic N) is 4. The van der Waals surface area contributed by atoms with E-state index in [0.29, 0.717) is 30.6 Å². The highest BCUT2D eigenvalue weighted by Gasteiger charge is 2.29. The van der Waals surface area contributed by atoms with Crippen LogP contribution in [0.4, 0.5) is 0 Å². The molecular weight excluding hydrogens is 392 g/mol. The van der Waals surface area contributed by atoms with Gasteiger partial charge in [0.1, 0.15) is 5.75 Å². The third-order valence-electron chi connectivity index (χ3n) is 5.49. The van der Waals surface area contributed by atoms with Gasteiger partial charge in [0.05, 0.1) is 6.10 Å². The molecule has 3 rings (SSSR count). The number of para-hydroxylation sites is 1. The number of carbonyl (C=O) groups excluding carboxylic acids is 1. The maximum absolute atomic E-state index is 12.4. The van der Waals surface area contributed by atoms with Crippen LogP contribution in [0, 0.1) is 5.92 Å². The van der Waals surface area contributed by atoms with Crippen molar-refractivity contribution in [2.24, 2.45) is 5.92 Å². The highest BCUT2D eigenvalue weighted by Crippen LogP contribution is 2.24. The van der Waals surface area contributed by atoms with Crippen LogP contribution in [-0.2, 0) is 24.2 Å². The second kappa shape index (κ2) is 10.8. The Balaban J connectivity index is 1.56. The van der Waals surface area contributed by atoms with Gasteiger partial charge in [-0.2, -0.15) is 4.98 Å². The maximum Gasteiger partial charge on any atom is 0.226 e. The van der Waals surface area contributed by atoms with E-state index in [1.165, 1.54) is 5.56 Å². The van der Waals surface area contributed by atoms with Crippen molar-refractivity contribution >= 4 is 5.91 Å². The van der Waals surface area contributed by atoms with Crippen LogP contribution in [0.5, 0.6) is 5.75 Å². The van der Waals surface area contributed by atoms with E-state index in [1.807, 2.05) is 30.9 Å². The summed E-state index contributed by atoms with van der Waals surface area (Å²) in [5, 5.41) is 4.08. The summed E-state index contributed by atoms with van der Waals surface area (Å²) in [6, 6.07) is 8.42. The van der Waals surface area contributed by atoms with Gasteiger partial charge in [-0.3, -0.25) is 9.69 Å². The molecule has 0 bridgehead atoms. The van der Waals surface area contributed by atoms with E-state index in [1.54, 1.807) is 6.92 Å². The Morgan fingerprint density at radius 3 is 2.77 bits per heavy atom. The minimum atomic E-state index is 0.0984. The summed E-state index contributed by atoms with van der Waals surface area (Å²) in [6.45, 7) is 13.3. The van der Waals surface area contributed by atoms with Gasteiger partial charge in [0.25, 0.3) is 0 Å². The van der Waals surface area contributed by atoms with Gasteiger partial charge < -0.3 is 14.2 Å². The lowest BCUT2D eigenvalue weighted by Crippen LogP contribution is -2.42. The number of amides is 1. The fourth-order valence-electron chi connectivity index (χ4n) is 4.10. The normalized spacial score (nSPS) is 16.9. The van der Waals surface area contributed by atoms with Crippen LogP contribution in [-0.4, -0.2) is 57.6 Å². The first-order valence-electron chi connectivity index (χ1n) is 11.4. The number of hydrogen-bond acceptors (Lipinski definition) is 6. The van der Waals surface area contributed by atoms with E-state index in [4.69, 9.17) is 9.26 Å². The fraction of sp³-hybridized carbons (Fsp3) is 0.625. The SMILES string of the molecule is CC(=O)N(CCc1noc(CC(C)C)n1)C1CCN(Cc2ccccc2OC(C)C)C1. The number of benzene rings is 1. The van der Waals surface area contributed by atoms with E-state index >= 15 is 0 Å². The molecule has 1 fully saturated rings. The van der Waals surface area contributed by atoms with Crippen molar-refractivity contribution in [2.45, 2.75) is 72.6 Å². The summed E-state index contributed by atoms with van der Waals surface area (Å²) in [6.07, 6.45) is 2.51. The van der Waals surface area contributed by atoms with Crippen molar-refractivity contribution in [3.63, 3.8) is 0 Å². The van der Waals surface area contributed by atoms with E-state index in [2.05, 4.69) is 41.0 Å². The monoisotopic (exact) mass is 428 g/mol. The summed E-state index contributed by atoms with van der Waals surface area (Å²) in [5.41, 5.74) is 1.19. The number of hydrogen-bond donors (Lipinski definition) is 0. The predicted octanol–water partition coefficient (Wildman–Crippen LogP) is 3.72. The van der Waals surface area contributed by atoms with E-state index in [-0.39, 0.29) is 18.1 Å². The molecular formula is C24H36N4O3. The molecule has 1 saturated heterocycles. The van der Waals surface area contributed by atoms with Crippen molar-refractivity contribution in [1.82, 2.24) is 19.9 Å². The molecule has 0 radical (unpaired) electrons. The van der Waals surface area contributed by atoms with Crippen LogP contribution in [0.3, 0.4) is 0 Å². The standard InChI is InChI=1S/C24H36N4O3/c1-17(2)14-24-25-23(26-31-24)11-13-28(19(5)29)21-10-12-27(16-21)15-20-8-6-7-9-22(20)30-18(3)4/h6-9,17-18,21H,10-16H2,1-5H3. The zero-order valence-corrected chi connectivity index (χ0v) is 19.5. The summed E-state index contributed by atoms with van der Waals surface area (Å²) in [4.78, 5) is 21.2. The number of rotatable bonds is 10. The molecule has 0 N–H and O–H groups in total. The van der Waals surface area contributed by atoms with Crippen molar-refractivity contribution in [2.75, 3.05) is 19.6 Å². The minimum absolute atomic E-state index is 0.0984. The maximum atomic E-state index is 12.4. The van der Waals surface area contributed by atoms with Crippen molar-refractivity contribution in [1.29, 1.82) is 0 Å². The molecule has 1 amide bonds. The zero-order valence-electron chi connectivity index (χ0n) is 19.5. The first-order chi connectivity index (χ1) is 14.8. The first kappa shape index (κ1) is 23.3. The van der Waals surface area contributed by atoms with Crippen molar-refractivity contribution in [3.05, 3.63) is 41.5 Å². The topological polar surface area (TPSA) is 71.7 Å². The quantitative estimate of drug-likeness (QED) is 0.574. The Kier molecular flexibility index (Phi) is 8.07. The lowest BCUT2D eigenvalue weighted by Gasteiger charge is -2.28. The summed E-state index contributed by atoms with van der Waals surface area (Å²) >= 11 is 0. The van der Waals surface area contributed by atoms with Crippen molar-refractivity contribution in [3.8, 4) is 5.75 Å². The van der Waals surface area contributed by atoms with Crippen LogP contribution in [0.25, 0.3) is 0 Å². The van der Waals surface area contributed by atoms with E-state index < -0.39 is 0 Å². The van der Waals surface area contributed by atoms with Crippen LogP contribution in [0.2, 0.25) is 0 Å². The van der Waals surface area contributed by atoms with Crippen molar-refractivity contribution < 1.29 is 14.1 Å². The molecule has 1 aromatic heterocycles. The third-order valence-corrected chi connectivity index (χ3v) is 5.49. The minimum Gasteiger partial charge on any atom is -0.491 e. The van der Waals surface area contributed by atoms with Crippen LogP contribution < -0.4 is 4.74 Å². The Morgan fingerprint density at radius 1 is 1.29 bits per heavy atom. The molecule has 0 saturated carbocycles. The molecule has 2 aromatic rings. The molecule has 1 aliphatic rings. The molecule has 0 aliphatic carbocycles. The summed E-state index contributed by atoms with van der Waals surface area (Å²) < 4.78 is 11.3. The molecule has 1 atom stereocenters. The second-order valence-electron chi connectivity index (χ2n) is 9.12. The van der Waals surface area contributed by atoms with Crippen LogP contribution >= 0.6 is 0 Å². The van der Waals surface area contributed by atoms with Gasteiger partial charge in [-0.1, -0.05) is 37.2 Å². The summed E-state index contributed by atoms with van der Waals surface area (Å²) in [5.74, 6) is 2.87. The van der Waals surface area contributed by atoms with Gasteiger partial charge in [0.2, 0.25) is 11.8 Å². The van der Waals surface area contributed by atoms with Gasteiger partial charge in [-0.05, 0) is 32.3 Å². The number of ether oxygens (including phenoxy) is 1. The van der Waals surface area contributed by atoms with E-state index in [0.717, 1.165) is 38.2 Å². The highest BCUT2D eigenvalue weighted by atomic mass is 16.5. The lowest BCUT2D eigenvalue weighted by atomic mass is 10.1. The van der Waals surface area contributed by atoms with Gasteiger partial charge in [0.15, 0.2) is 5.82 Å². The molecule has 0 spiro atoms. The average molecular weight is 429 g/mol. The smallest absolute Gasteiger partial charge is 0.226 e. The molecule has 1 aromatic carbocycles. The highest BCUT2D eigenvalue weighted by molar-refractivity contribution is 5.73. The molecule has 7 heteroatoms. The molecule has 1 unspecified atom stereocenters. The molecule has 1 aliphatic heterocycles. The van der Waals surface area contributed by atoms with Gasteiger partial charge in [0, 0.05) is 57.5 Å². The number of likely N-dealkylation sites (tertiary alicyclic amines) is 1. The zero-order chi connectivity index (χ0) is 22.4. The molecule has 170 valence electrons. The Labute approximate surface area is 185 Å². The Bertz CT molecular complexity index is 849. The average Bonchev–Trinajstić information content (AvgIpc) is 3.32. The van der Waals surface area contributed by atoms with Crippen LogP contribution in [0.1, 0.15) is 58.3 Å². The molecule has 2 heterocycles. The number of carbonyl (C=O) groups is 1. The van der Waals surface area contributed by atoms with Crippen LogP contribution in [0.15, 0.2) is 28.8 Å². The summed E-state index contributed by atoms with van der Waals surface area (Å²) in [7, 11) is 0. The molecule has 31 heavy (non-hydrogen) atoms. The van der Waals surface area contributed by atoms with E-state index in [9.17, 15) is 4.79 Å². The molecule has 7 nitrogen and oxygen atoms in total. The Morgan fingerprint density at radius 2 is 2.06 bits per heavy atom. The largest absolute Gasteiger partial charge is 0.491 e. The lowest BCUT2D eigenvalue weighted by molar-refractivity contribution is -0.130. The van der Waals surface area contributed by atoms with Gasteiger partial charge in [-0.25, -0.2) is 0 Å². The third kappa shape index (κ3) is 6.79. The fourth-order valence-corrected chi connectivity index (χ4v) is 4.10. The Hall–Kier alpha value is -2.41.